The normalized spacial score (nSPS) is 23.4. The molecule has 0 aromatic heterocycles. The van der Waals surface area contributed by atoms with Gasteiger partial charge in [-0.3, -0.25) is 0 Å². The number of aliphatic hydroxyl groups excluding tert-OH is 1. The summed E-state index contributed by atoms with van der Waals surface area (Å²) in [5.74, 6) is 0.367. The molecule has 7 heteroatoms. The first-order valence-corrected chi connectivity index (χ1v) is 7.25. The molecule has 0 atom stereocenters. The van der Waals surface area contributed by atoms with Crippen LogP contribution < -0.4 is 16.2 Å². The molecule has 0 spiro atoms. The van der Waals surface area contributed by atoms with E-state index in [-0.39, 0.29) is 11.0 Å². The van der Waals surface area contributed by atoms with Crippen molar-refractivity contribution in [3.63, 3.8) is 0 Å². The minimum absolute atomic E-state index is 0.00220. The zero-order valence-electron chi connectivity index (χ0n) is 9.83. The fourth-order valence-corrected chi connectivity index (χ4v) is 2.79. The van der Waals surface area contributed by atoms with Crippen LogP contribution in [-0.4, -0.2) is 26.2 Å². The molecular formula is C11H17N3O3S. The molecule has 18 heavy (non-hydrogen) atoms. The molecular weight excluding hydrogens is 254 g/mol. The minimum Gasteiger partial charge on any atom is -0.399 e. The van der Waals surface area contributed by atoms with E-state index >= 15 is 0 Å². The molecule has 1 saturated carbocycles. The quantitative estimate of drug-likeness (QED) is 0.579. The third kappa shape index (κ3) is 2.92. The van der Waals surface area contributed by atoms with Gasteiger partial charge in [0.25, 0.3) is 0 Å². The highest BCUT2D eigenvalue weighted by molar-refractivity contribution is 7.89. The average molecular weight is 271 g/mol. The Kier molecular flexibility index (Phi) is 3.47. The number of rotatable bonds is 4. The van der Waals surface area contributed by atoms with E-state index in [4.69, 9.17) is 10.9 Å². The second kappa shape index (κ2) is 4.75. The number of nitrogen functional groups attached to an aromatic ring is 1. The second-order valence-corrected chi connectivity index (χ2v) is 6.20. The molecule has 100 valence electrons. The van der Waals surface area contributed by atoms with Crippen LogP contribution in [-0.2, 0) is 10.0 Å². The number of benzene rings is 1. The molecule has 0 radical (unpaired) electrons. The van der Waals surface area contributed by atoms with Gasteiger partial charge in [0, 0.05) is 12.2 Å². The fraction of sp³-hybridized carbons (Fsp3) is 0.455. The van der Waals surface area contributed by atoms with Crippen molar-refractivity contribution in [3.8, 4) is 0 Å². The summed E-state index contributed by atoms with van der Waals surface area (Å²) in [6, 6.07) is 4.56. The number of sulfonamides is 1. The number of hydrogen-bond acceptors (Lipinski definition) is 5. The van der Waals surface area contributed by atoms with Crippen LogP contribution in [0, 0.1) is 5.92 Å². The number of hydrogen-bond donors (Lipinski definition) is 4. The van der Waals surface area contributed by atoms with Crippen LogP contribution in [0.15, 0.2) is 23.1 Å². The molecule has 2 rings (SSSR count). The lowest BCUT2D eigenvalue weighted by Gasteiger charge is -2.31. The topological polar surface area (TPSA) is 118 Å². The van der Waals surface area contributed by atoms with Crippen molar-refractivity contribution in [2.24, 2.45) is 11.1 Å². The summed E-state index contributed by atoms with van der Waals surface area (Å²) in [7, 11) is -3.80. The van der Waals surface area contributed by atoms with Crippen molar-refractivity contribution in [3.05, 3.63) is 18.2 Å². The van der Waals surface area contributed by atoms with Crippen LogP contribution in [0.25, 0.3) is 0 Å². The Morgan fingerprint density at radius 3 is 2.61 bits per heavy atom. The second-order valence-electron chi connectivity index (χ2n) is 4.67. The Morgan fingerprint density at radius 1 is 1.39 bits per heavy atom. The van der Waals surface area contributed by atoms with Gasteiger partial charge in [-0.05, 0) is 37.0 Å². The lowest BCUT2D eigenvalue weighted by molar-refractivity contribution is 0.0486. The predicted octanol–water partition coefficient (Wildman–Crippen LogP) is 0.0990. The fourth-order valence-electron chi connectivity index (χ4n) is 2.04. The molecule has 0 aliphatic heterocycles. The van der Waals surface area contributed by atoms with Crippen molar-refractivity contribution in [1.82, 2.24) is 0 Å². The standard InChI is InChI=1S/C11H17N3O3S/c12-8-1-2-10(11(5-8)18(13,16)17)14-6-7-3-9(15)4-7/h1-2,5,7,9,14-15H,3-4,6,12H2,(H2,13,16,17). The predicted molar refractivity (Wildman–Crippen MR) is 69.4 cm³/mol. The van der Waals surface area contributed by atoms with Crippen molar-refractivity contribution in [1.29, 1.82) is 0 Å². The van der Waals surface area contributed by atoms with Gasteiger partial charge in [-0.15, -0.1) is 0 Å². The lowest BCUT2D eigenvalue weighted by Crippen LogP contribution is -2.33. The SMILES string of the molecule is Nc1ccc(NCC2CC(O)C2)c(S(N)(=O)=O)c1. The maximum Gasteiger partial charge on any atom is 0.240 e. The van der Waals surface area contributed by atoms with Crippen molar-refractivity contribution in [2.45, 2.75) is 23.8 Å². The van der Waals surface area contributed by atoms with Gasteiger partial charge in [0.15, 0.2) is 0 Å². The molecule has 6 N–H and O–H groups in total. The van der Waals surface area contributed by atoms with Crippen molar-refractivity contribution in [2.75, 3.05) is 17.6 Å². The zero-order chi connectivity index (χ0) is 13.3. The van der Waals surface area contributed by atoms with E-state index in [1.54, 1.807) is 12.1 Å². The van der Waals surface area contributed by atoms with E-state index < -0.39 is 10.0 Å². The summed E-state index contributed by atoms with van der Waals surface area (Å²) in [5, 5.41) is 17.4. The van der Waals surface area contributed by atoms with Crippen LogP contribution in [0.2, 0.25) is 0 Å². The summed E-state index contributed by atoms with van der Waals surface area (Å²) in [6.07, 6.45) is 1.26. The van der Waals surface area contributed by atoms with E-state index in [1.807, 2.05) is 0 Å². The molecule has 0 saturated heterocycles. The third-order valence-corrected chi connectivity index (χ3v) is 4.06. The van der Waals surface area contributed by atoms with Gasteiger partial charge in [0.05, 0.1) is 11.8 Å². The summed E-state index contributed by atoms with van der Waals surface area (Å²) >= 11 is 0. The Hall–Kier alpha value is -1.31. The van der Waals surface area contributed by atoms with Gasteiger partial charge in [-0.1, -0.05) is 0 Å². The largest absolute Gasteiger partial charge is 0.399 e. The maximum absolute atomic E-state index is 11.4. The van der Waals surface area contributed by atoms with Crippen molar-refractivity contribution >= 4 is 21.4 Å². The lowest BCUT2D eigenvalue weighted by atomic mass is 9.82. The van der Waals surface area contributed by atoms with Crippen molar-refractivity contribution < 1.29 is 13.5 Å². The highest BCUT2D eigenvalue weighted by atomic mass is 32.2. The smallest absolute Gasteiger partial charge is 0.240 e. The molecule has 0 unspecified atom stereocenters. The first-order valence-electron chi connectivity index (χ1n) is 5.70. The summed E-state index contributed by atoms with van der Waals surface area (Å²) in [6.45, 7) is 0.615. The van der Waals surface area contributed by atoms with E-state index in [0.717, 1.165) is 12.8 Å². The molecule has 1 aromatic rings. The van der Waals surface area contributed by atoms with E-state index in [9.17, 15) is 13.5 Å². The molecule has 0 heterocycles. The number of aliphatic hydroxyl groups is 1. The number of nitrogens with one attached hydrogen (secondary N) is 1. The number of primary sulfonamides is 1. The molecule has 0 amide bonds. The maximum atomic E-state index is 11.4. The van der Waals surface area contributed by atoms with Crippen LogP contribution in [0.5, 0.6) is 0 Å². The zero-order valence-corrected chi connectivity index (χ0v) is 10.7. The van der Waals surface area contributed by atoms with Crippen LogP contribution >= 0.6 is 0 Å². The van der Waals surface area contributed by atoms with Gasteiger partial charge >= 0.3 is 0 Å². The Bertz CT molecular complexity index is 538. The van der Waals surface area contributed by atoms with E-state index in [1.165, 1.54) is 6.07 Å². The third-order valence-electron chi connectivity index (χ3n) is 3.10. The van der Waals surface area contributed by atoms with Crippen LogP contribution in [0.1, 0.15) is 12.8 Å². The molecule has 1 fully saturated rings. The highest BCUT2D eigenvalue weighted by Crippen LogP contribution is 2.29. The summed E-state index contributed by atoms with van der Waals surface area (Å²) in [5.41, 5.74) is 6.36. The molecule has 1 aromatic carbocycles. The minimum atomic E-state index is -3.80. The van der Waals surface area contributed by atoms with Gasteiger partial charge < -0.3 is 16.2 Å². The molecule has 0 bridgehead atoms. The summed E-state index contributed by atoms with van der Waals surface area (Å²) < 4.78 is 22.9. The highest BCUT2D eigenvalue weighted by Gasteiger charge is 2.27. The molecule has 1 aliphatic rings. The molecule has 1 aliphatic carbocycles. The van der Waals surface area contributed by atoms with Gasteiger partial charge in [0.1, 0.15) is 4.90 Å². The Morgan fingerprint density at radius 2 is 2.06 bits per heavy atom. The number of anilines is 2. The van der Waals surface area contributed by atoms with E-state index in [0.29, 0.717) is 23.8 Å². The Labute approximate surface area is 106 Å². The number of nitrogens with two attached hydrogens (primary N) is 2. The van der Waals surface area contributed by atoms with Gasteiger partial charge in [0.2, 0.25) is 10.0 Å². The first-order chi connectivity index (χ1) is 8.36. The monoisotopic (exact) mass is 271 g/mol. The van der Waals surface area contributed by atoms with Gasteiger partial charge in [-0.25, -0.2) is 13.6 Å². The Balaban J connectivity index is 2.12. The van der Waals surface area contributed by atoms with E-state index in [2.05, 4.69) is 5.32 Å². The summed E-state index contributed by atoms with van der Waals surface area (Å²) in [4.78, 5) is 0.00220. The van der Waals surface area contributed by atoms with Crippen LogP contribution in [0.4, 0.5) is 11.4 Å². The molecule has 6 nitrogen and oxygen atoms in total. The van der Waals surface area contributed by atoms with Crippen LogP contribution in [0.3, 0.4) is 0 Å². The van der Waals surface area contributed by atoms with Gasteiger partial charge in [-0.2, -0.15) is 0 Å². The first kappa shape index (κ1) is 13.1. The average Bonchev–Trinajstić information content (AvgIpc) is 2.23.